The Balaban J connectivity index is 1.80. The summed E-state index contributed by atoms with van der Waals surface area (Å²) in [6.45, 7) is 0. The molecule has 1 saturated carbocycles. The summed E-state index contributed by atoms with van der Waals surface area (Å²) in [6, 6.07) is 15.8. The molecular weight excluding hydrogens is 338 g/mol. The third-order valence-corrected chi connectivity index (χ3v) is 4.47. The third-order valence-electron chi connectivity index (χ3n) is 3.69. The Morgan fingerprint density at radius 3 is 2.35 bits per heavy atom. The van der Waals surface area contributed by atoms with Gasteiger partial charge in [-0.2, -0.15) is 0 Å². The molecule has 0 spiro atoms. The van der Waals surface area contributed by atoms with Crippen molar-refractivity contribution in [2.75, 3.05) is 0 Å². The number of hydrogen-bond donors (Lipinski definition) is 1. The van der Waals surface area contributed by atoms with Crippen LogP contribution < -0.4 is 0 Å². The fourth-order valence-corrected chi connectivity index (χ4v) is 2.93. The quantitative estimate of drug-likeness (QED) is 0.467. The number of nitrogens with zero attached hydrogens (tertiary/aromatic N) is 1. The lowest BCUT2D eigenvalue weighted by Gasteiger charge is -2.05. The van der Waals surface area contributed by atoms with Gasteiger partial charge in [0.05, 0.1) is 5.71 Å². The zero-order valence-corrected chi connectivity index (χ0v) is 13.0. The van der Waals surface area contributed by atoms with Crippen LogP contribution in [0.5, 0.6) is 0 Å². The molecule has 0 aromatic heterocycles. The van der Waals surface area contributed by atoms with E-state index in [4.69, 9.17) is 11.6 Å². The van der Waals surface area contributed by atoms with Crippen LogP contribution in [0.4, 0.5) is 0 Å². The van der Waals surface area contributed by atoms with Gasteiger partial charge in [-0.1, -0.05) is 57.0 Å². The van der Waals surface area contributed by atoms with Crippen LogP contribution in [0.1, 0.15) is 23.5 Å². The molecular formula is C16H13BrClNO. The first kappa shape index (κ1) is 13.7. The molecule has 102 valence electrons. The second kappa shape index (κ2) is 5.58. The Hall–Kier alpha value is -1.32. The van der Waals surface area contributed by atoms with Gasteiger partial charge in [0.1, 0.15) is 0 Å². The predicted octanol–water partition coefficient (Wildman–Crippen LogP) is 5.08. The van der Waals surface area contributed by atoms with Gasteiger partial charge in [-0.15, -0.1) is 0 Å². The topological polar surface area (TPSA) is 32.6 Å². The highest BCUT2D eigenvalue weighted by Gasteiger charge is 2.42. The smallest absolute Gasteiger partial charge is 0.0904 e. The number of hydrogen-bond acceptors (Lipinski definition) is 2. The van der Waals surface area contributed by atoms with Gasteiger partial charge >= 0.3 is 0 Å². The SMILES string of the molecule is O/N=C(/c1ccc(Br)cc1)[C@H]1C[C@H]1c1ccc(Cl)cc1. The van der Waals surface area contributed by atoms with Gasteiger partial charge in [0.15, 0.2) is 0 Å². The van der Waals surface area contributed by atoms with Crippen LogP contribution in [0, 0.1) is 5.92 Å². The summed E-state index contributed by atoms with van der Waals surface area (Å²) < 4.78 is 1.02. The maximum Gasteiger partial charge on any atom is 0.0904 e. The van der Waals surface area contributed by atoms with Crippen molar-refractivity contribution in [3.05, 3.63) is 69.2 Å². The van der Waals surface area contributed by atoms with Gasteiger partial charge < -0.3 is 5.21 Å². The molecule has 0 aliphatic heterocycles. The molecule has 1 aliphatic rings. The normalized spacial score (nSPS) is 21.8. The first-order valence-electron chi connectivity index (χ1n) is 6.42. The van der Waals surface area contributed by atoms with Crippen LogP contribution in [-0.2, 0) is 0 Å². The van der Waals surface area contributed by atoms with Gasteiger partial charge in [0, 0.05) is 15.4 Å². The summed E-state index contributed by atoms with van der Waals surface area (Å²) in [5.41, 5.74) is 2.98. The molecule has 0 saturated heterocycles. The molecule has 20 heavy (non-hydrogen) atoms. The van der Waals surface area contributed by atoms with Crippen LogP contribution >= 0.6 is 27.5 Å². The fourth-order valence-electron chi connectivity index (χ4n) is 2.54. The zero-order chi connectivity index (χ0) is 14.1. The van der Waals surface area contributed by atoms with Crippen LogP contribution in [0.25, 0.3) is 0 Å². The van der Waals surface area contributed by atoms with E-state index in [-0.39, 0.29) is 5.92 Å². The average Bonchev–Trinajstić information content (AvgIpc) is 3.23. The Morgan fingerprint density at radius 2 is 1.75 bits per heavy atom. The van der Waals surface area contributed by atoms with Crippen molar-refractivity contribution in [1.29, 1.82) is 0 Å². The predicted molar refractivity (Wildman–Crippen MR) is 84.8 cm³/mol. The first-order chi connectivity index (χ1) is 9.69. The maximum absolute atomic E-state index is 9.32. The molecule has 4 heteroatoms. The number of rotatable bonds is 3. The van der Waals surface area contributed by atoms with E-state index in [1.54, 1.807) is 0 Å². The van der Waals surface area contributed by atoms with Crippen LogP contribution in [0.2, 0.25) is 5.02 Å². The second-order valence-electron chi connectivity index (χ2n) is 4.99. The van der Waals surface area contributed by atoms with E-state index in [0.717, 1.165) is 27.2 Å². The summed E-state index contributed by atoms with van der Waals surface area (Å²) >= 11 is 9.32. The van der Waals surface area contributed by atoms with E-state index in [2.05, 4.69) is 21.1 Å². The molecule has 0 unspecified atom stereocenters. The summed E-state index contributed by atoms with van der Waals surface area (Å²) in [6.07, 6.45) is 1.01. The molecule has 0 radical (unpaired) electrons. The summed E-state index contributed by atoms with van der Waals surface area (Å²) in [5, 5.41) is 13.6. The Morgan fingerprint density at radius 1 is 1.10 bits per heavy atom. The van der Waals surface area contributed by atoms with Crippen LogP contribution in [0.3, 0.4) is 0 Å². The van der Waals surface area contributed by atoms with E-state index in [1.165, 1.54) is 5.56 Å². The number of halogens is 2. The van der Waals surface area contributed by atoms with Gasteiger partial charge in [0.25, 0.3) is 0 Å². The average molecular weight is 351 g/mol. The Bertz CT molecular complexity index is 637. The molecule has 1 aliphatic carbocycles. The zero-order valence-electron chi connectivity index (χ0n) is 10.6. The number of oxime groups is 1. The monoisotopic (exact) mass is 349 g/mol. The van der Waals surface area contributed by atoms with Crippen molar-refractivity contribution in [1.82, 2.24) is 0 Å². The Labute approximate surface area is 131 Å². The minimum atomic E-state index is 0.280. The first-order valence-corrected chi connectivity index (χ1v) is 7.59. The molecule has 0 bridgehead atoms. The largest absolute Gasteiger partial charge is 0.411 e. The van der Waals surface area contributed by atoms with Crippen molar-refractivity contribution >= 4 is 33.2 Å². The van der Waals surface area contributed by atoms with E-state index < -0.39 is 0 Å². The minimum absolute atomic E-state index is 0.280. The highest BCUT2D eigenvalue weighted by molar-refractivity contribution is 9.10. The highest BCUT2D eigenvalue weighted by Crippen LogP contribution is 2.49. The number of benzene rings is 2. The van der Waals surface area contributed by atoms with Gasteiger partial charge in [0.2, 0.25) is 0 Å². The van der Waals surface area contributed by atoms with E-state index in [9.17, 15) is 5.21 Å². The van der Waals surface area contributed by atoms with Crippen molar-refractivity contribution in [3.8, 4) is 0 Å². The molecule has 1 fully saturated rings. The molecule has 2 atom stereocenters. The lowest BCUT2D eigenvalue weighted by atomic mass is 10.0. The minimum Gasteiger partial charge on any atom is -0.411 e. The fraction of sp³-hybridized carbons (Fsp3) is 0.188. The van der Waals surface area contributed by atoms with Crippen LogP contribution in [0.15, 0.2) is 58.2 Å². The van der Waals surface area contributed by atoms with Crippen molar-refractivity contribution < 1.29 is 5.21 Å². The summed E-state index contributed by atoms with van der Waals surface area (Å²) in [7, 11) is 0. The van der Waals surface area contributed by atoms with E-state index >= 15 is 0 Å². The molecule has 0 amide bonds. The highest BCUT2D eigenvalue weighted by atomic mass is 79.9. The summed E-state index contributed by atoms with van der Waals surface area (Å²) in [4.78, 5) is 0. The standard InChI is InChI=1S/C16H13BrClNO/c17-12-5-1-11(2-6-12)16(19-20)15-9-14(15)10-3-7-13(18)8-4-10/h1-8,14-15,20H,9H2/b19-16-/t14-,15-/m0/s1. The van der Waals surface area contributed by atoms with Crippen molar-refractivity contribution in [2.45, 2.75) is 12.3 Å². The molecule has 2 nitrogen and oxygen atoms in total. The van der Waals surface area contributed by atoms with Gasteiger partial charge in [-0.3, -0.25) is 0 Å². The maximum atomic E-state index is 9.32. The third kappa shape index (κ3) is 2.74. The van der Waals surface area contributed by atoms with E-state index in [0.29, 0.717) is 5.92 Å². The Kier molecular flexibility index (Phi) is 3.81. The lowest BCUT2D eigenvalue weighted by molar-refractivity contribution is 0.317. The van der Waals surface area contributed by atoms with Crippen molar-refractivity contribution in [3.63, 3.8) is 0 Å². The van der Waals surface area contributed by atoms with Gasteiger partial charge in [-0.05, 0) is 47.7 Å². The lowest BCUT2D eigenvalue weighted by Crippen LogP contribution is -2.05. The van der Waals surface area contributed by atoms with E-state index in [1.807, 2.05) is 48.5 Å². The molecule has 2 aromatic rings. The molecule has 2 aromatic carbocycles. The summed E-state index contributed by atoms with van der Waals surface area (Å²) in [5.74, 6) is 0.698. The molecule has 3 rings (SSSR count). The molecule has 1 N–H and O–H groups in total. The van der Waals surface area contributed by atoms with Crippen molar-refractivity contribution in [2.24, 2.45) is 11.1 Å². The van der Waals surface area contributed by atoms with Crippen LogP contribution in [-0.4, -0.2) is 10.9 Å². The molecule has 0 heterocycles. The van der Waals surface area contributed by atoms with Gasteiger partial charge in [-0.25, -0.2) is 0 Å². The second-order valence-corrected chi connectivity index (χ2v) is 6.34.